The Kier molecular flexibility index (Phi) is 6.41. The molecule has 0 N–H and O–H groups in total. The zero-order valence-electron chi connectivity index (χ0n) is 11.6. The van der Waals surface area contributed by atoms with Crippen LogP contribution in [0.4, 0.5) is 0 Å². The van der Waals surface area contributed by atoms with E-state index in [-0.39, 0.29) is 0 Å². The van der Waals surface area contributed by atoms with E-state index in [2.05, 4.69) is 28.1 Å². The molecule has 2 aromatic rings. The zero-order chi connectivity index (χ0) is 15.1. The molecule has 21 heavy (non-hydrogen) atoms. The molecule has 0 unspecified atom stereocenters. The van der Waals surface area contributed by atoms with Gasteiger partial charge in [0.1, 0.15) is 4.21 Å². The zero-order valence-corrected chi connectivity index (χ0v) is 14.8. The molecule has 6 heteroatoms. The van der Waals surface area contributed by atoms with Crippen LogP contribution < -0.4 is 0 Å². The second-order valence-corrected chi connectivity index (χ2v) is 8.52. The van der Waals surface area contributed by atoms with Gasteiger partial charge in [0.2, 0.25) is 0 Å². The van der Waals surface area contributed by atoms with Gasteiger partial charge < -0.3 is 0 Å². The molecule has 0 spiro atoms. The minimum atomic E-state index is -3.35. The highest BCUT2D eigenvalue weighted by Crippen LogP contribution is 2.21. The molecule has 0 aliphatic rings. The molecule has 0 bridgehead atoms. The molecule has 0 radical (unpaired) electrons. The summed E-state index contributed by atoms with van der Waals surface area (Å²) in [5.74, 6) is 0. The molecule has 1 aromatic carbocycles. The second kappa shape index (κ2) is 8.08. The van der Waals surface area contributed by atoms with Gasteiger partial charge in [-0.05, 0) is 29.9 Å². The maximum Gasteiger partial charge on any atom is 0.252 e. The molecule has 1 aromatic heterocycles. The number of hydrogen-bond donors (Lipinski definition) is 0. The van der Waals surface area contributed by atoms with Crippen molar-refractivity contribution in [3.8, 4) is 0 Å². The van der Waals surface area contributed by atoms with E-state index in [0.29, 0.717) is 22.6 Å². The first-order valence-electron chi connectivity index (χ1n) is 6.78. The van der Waals surface area contributed by atoms with E-state index in [1.807, 2.05) is 18.2 Å². The third-order valence-corrected chi connectivity index (χ3v) is 6.77. The minimum absolute atomic E-state index is 0.420. The lowest BCUT2D eigenvalue weighted by Crippen LogP contribution is -2.33. The van der Waals surface area contributed by atoms with Crippen LogP contribution in [-0.4, -0.2) is 31.1 Å². The third-order valence-electron chi connectivity index (χ3n) is 3.14. The molecule has 1 heterocycles. The topological polar surface area (TPSA) is 37.4 Å². The van der Waals surface area contributed by atoms with Crippen LogP contribution in [0.25, 0.3) is 0 Å². The number of rotatable bonds is 8. The highest BCUT2D eigenvalue weighted by Gasteiger charge is 2.24. The molecular weight excluding hydrogens is 370 g/mol. The van der Waals surface area contributed by atoms with Gasteiger partial charge in [-0.3, -0.25) is 0 Å². The Labute approximate surface area is 138 Å². The molecule has 0 saturated heterocycles. The molecule has 0 saturated carbocycles. The van der Waals surface area contributed by atoms with Crippen LogP contribution in [0.1, 0.15) is 12.0 Å². The predicted octanol–water partition coefficient (Wildman–Crippen LogP) is 3.77. The van der Waals surface area contributed by atoms with Crippen molar-refractivity contribution in [1.29, 1.82) is 0 Å². The average Bonchev–Trinajstić information content (AvgIpc) is 3.02. The van der Waals surface area contributed by atoms with Crippen LogP contribution in [0.15, 0.2) is 52.1 Å². The number of aryl methyl sites for hydroxylation is 1. The van der Waals surface area contributed by atoms with Gasteiger partial charge in [-0.25, -0.2) is 8.42 Å². The van der Waals surface area contributed by atoms with Gasteiger partial charge in [-0.1, -0.05) is 52.3 Å². The van der Waals surface area contributed by atoms with Crippen LogP contribution in [0.3, 0.4) is 0 Å². The van der Waals surface area contributed by atoms with Gasteiger partial charge in [-0.2, -0.15) is 4.31 Å². The van der Waals surface area contributed by atoms with E-state index < -0.39 is 10.0 Å². The Morgan fingerprint density at radius 2 is 1.81 bits per heavy atom. The molecular formula is C15H18BrNO2S2. The maximum atomic E-state index is 12.5. The Morgan fingerprint density at radius 1 is 1.05 bits per heavy atom. The summed E-state index contributed by atoms with van der Waals surface area (Å²) in [7, 11) is -3.35. The largest absolute Gasteiger partial charge is 0.252 e. The van der Waals surface area contributed by atoms with Crippen molar-refractivity contribution in [2.75, 3.05) is 18.4 Å². The standard InChI is InChI=1S/C15H18BrNO2S2/c16-10-12-17(21(18,19)15-9-5-13-20-15)11-4-8-14-6-2-1-3-7-14/h1-3,5-7,9,13H,4,8,10-12H2. The molecule has 0 atom stereocenters. The highest BCUT2D eigenvalue weighted by atomic mass is 79.9. The molecule has 2 rings (SSSR count). The summed E-state index contributed by atoms with van der Waals surface area (Å²) >= 11 is 4.61. The number of hydrogen-bond acceptors (Lipinski definition) is 3. The van der Waals surface area contributed by atoms with Crippen LogP contribution in [0.5, 0.6) is 0 Å². The fraction of sp³-hybridized carbons (Fsp3) is 0.333. The fourth-order valence-corrected chi connectivity index (χ4v) is 5.37. The quantitative estimate of drug-likeness (QED) is 0.646. The SMILES string of the molecule is O=S(=O)(c1cccs1)N(CCBr)CCCc1ccccc1. The first-order chi connectivity index (χ1) is 10.1. The summed E-state index contributed by atoms with van der Waals surface area (Å²) in [6, 6.07) is 13.6. The molecule has 0 aliphatic heterocycles. The van der Waals surface area contributed by atoms with Gasteiger partial charge in [0.15, 0.2) is 0 Å². The number of nitrogens with zero attached hydrogens (tertiary/aromatic N) is 1. The lowest BCUT2D eigenvalue weighted by Gasteiger charge is -2.20. The number of thiophene rings is 1. The van der Waals surface area contributed by atoms with Crippen LogP contribution in [0, 0.1) is 0 Å². The van der Waals surface area contributed by atoms with Gasteiger partial charge in [0.05, 0.1) is 0 Å². The van der Waals surface area contributed by atoms with E-state index in [1.165, 1.54) is 16.9 Å². The Hall–Kier alpha value is -0.690. The average molecular weight is 388 g/mol. The van der Waals surface area contributed by atoms with E-state index >= 15 is 0 Å². The van der Waals surface area contributed by atoms with Crippen molar-refractivity contribution >= 4 is 37.3 Å². The summed E-state index contributed by atoms with van der Waals surface area (Å²) in [5.41, 5.74) is 1.24. The van der Waals surface area contributed by atoms with Gasteiger partial charge in [0, 0.05) is 18.4 Å². The van der Waals surface area contributed by atoms with Crippen LogP contribution in [0.2, 0.25) is 0 Å². The highest BCUT2D eigenvalue weighted by molar-refractivity contribution is 9.09. The second-order valence-electron chi connectivity index (χ2n) is 4.61. The Balaban J connectivity index is 1.99. The van der Waals surface area contributed by atoms with E-state index in [9.17, 15) is 8.42 Å². The third kappa shape index (κ3) is 4.64. The van der Waals surface area contributed by atoms with Crippen molar-refractivity contribution in [1.82, 2.24) is 4.31 Å². The summed E-state index contributed by atoms with van der Waals surface area (Å²) in [6.45, 7) is 1.04. The lowest BCUT2D eigenvalue weighted by atomic mass is 10.1. The van der Waals surface area contributed by atoms with Crippen LogP contribution >= 0.6 is 27.3 Å². The van der Waals surface area contributed by atoms with Gasteiger partial charge in [-0.15, -0.1) is 11.3 Å². The van der Waals surface area contributed by atoms with E-state index in [0.717, 1.165) is 12.8 Å². The van der Waals surface area contributed by atoms with Crippen molar-refractivity contribution in [3.05, 3.63) is 53.4 Å². The van der Waals surface area contributed by atoms with Crippen molar-refractivity contribution in [2.45, 2.75) is 17.1 Å². The smallest absolute Gasteiger partial charge is 0.206 e. The minimum Gasteiger partial charge on any atom is -0.206 e. The van der Waals surface area contributed by atoms with Crippen molar-refractivity contribution < 1.29 is 8.42 Å². The monoisotopic (exact) mass is 387 g/mol. The van der Waals surface area contributed by atoms with Crippen molar-refractivity contribution in [2.24, 2.45) is 0 Å². The summed E-state index contributed by atoms with van der Waals surface area (Å²) in [4.78, 5) is 0. The van der Waals surface area contributed by atoms with Gasteiger partial charge in [0.25, 0.3) is 10.0 Å². The molecule has 114 valence electrons. The van der Waals surface area contributed by atoms with Crippen LogP contribution in [-0.2, 0) is 16.4 Å². The summed E-state index contributed by atoms with van der Waals surface area (Å²) in [6.07, 6.45) is 1.71. The number of sulfonamides is 1. The Morgan fingerprint density at radius 3 is 2.43 bits per heavy atom. The van der Waals surface area contributed by atoms with E-state index in [1.54, 1.807) is 21.8 Å². The predicted molar refractivity (Wildman–Crippen MR) is 91.6 cm³/mol. The fourth-order valence-electron chi connectivity index (χ4n) is 2.09. The molecule has 0 amide bonds. The van der Waals surface area contributed by atoms with Gasteiger partial charge >= 0.3 is 0 Å². The number of halogens is 1. The molecule has 0 fully saturated rings. The first-order valence-corrected chi connectivity index (χ1v) is 10.2. The maximum absolute atomic E-state index is 12.5. The summed E-state index contributed by atoms with van der Waals surface area (Å²) < 4.78 is 27.1. The first kappa shape index (κ1) is 16.7. The molecule has 0 aliphatic carbocycles. The summed E-state index contributed by atoms with van der Waals surface area (Å²) in [5, 5.41) is 2.44. The lowest BCUT2D eigenvalue weighted by molar-refractivity contribution is 0.425. The molecule has 3 nitrogen and oxygen atoms in total. The number of alkyl halides is 1. The Bertz CT molecular complexity index is 627. The normalized spacial score (nSPS) is 11.9. The van der Waals surface area contributed by atoms with E-state index in [4.69, 9.17) is 0 Å². The number of benzene rings is 1. The van der Waals surface area contributed by atoms with Crippen molar-refractivity contribution in [3.63, 3.8) is 0 Å².